The Labute approximate surface area is 153 Å². The molecule has 0 bridgehead atoms. The minimum absolute atomic E-state index is 0.229. The number of nitrogens with zero attached hydrogens (tertiary/aromatic N) is 1. The number of sulfonamides is 1. The molecule has 1 N–H and O–H groups in total. The Kier molecular flexibility index (Phi) is 6.22. The van der Waals surface area contributed by atoms with Crippen molar-refractivity contribution in [3.05, 3.63) is 65.5 Å². The molecule has 10 heteroatoms. The number of hydrogen-bond donors (Lipinski definition) is 1. The fourth-order valence-electron chi connectivity index (χ4n) is 2.27. The molecule has 146 valence electrons. The van der Waals surface area contributed by atoms with Crippen LogP contribution in [0.15, 0.2) is 48.5 Å². The molecule has 27 heavy (non-hydrogen) atoms. The van der Waals surface area contributed by atoms with Gasteiger partial charge in [-0.05, 0) is 29.8 Å². The molecule has 2 aromatic carbocycles. The number of para-hydroxylation sites is 1. The molecule has 0 heterocycles. The standard InChI is InChI=1S/C17H16F4N2O3S/c1-27(25,26)23(10-12-6-8-13(18)9-7-12)11-16(24)22-15-5-3-2-4-14(15)17(19,20)21/h2-9H,10-11H2,1H3,(H,22,24). The summed E-state index contributed by atoms with van der Waals surface area (Å²) >= 11 is 0. The highest BCUT2D eigenvalue weighted by Crippen LogP contribution is 2.34. The first-order valence-corrected chi connectivity index (χ1v) is 9.47. The zero-order valence-electron chi connectivity index (χ0n) is 14.1. The smallest absolute Gasteiger partial charge is 0.324 e. The van der Waals surface area contributed by atoms with Crippen molar-refractivity contribution in [1.29, 1.82) is 0 Å². The summed E-state index contributed by atoms with van der Waals surface area (Å²) in [5, 5.41) is 2.09. The summed E-state index contributed by atoms with van der Waals surface area (Å²) in [6, 6.07) is 9.35. The van der Waals surface area contributed by atoms with E-state index in [2.05, 4.69) is 5.32 Å². The quantitative estimate of drug-likeness (QED) is 0.752. The fourth-order valence-corrected chi connectivity index (χ4v) is 3.01. The van der Waals surface area contributed by atoms with Gasteiger partial charge in [0.15, 0.2) is 0 Å². The lowest BCUT2D eigenvalue weighted by atomic mass is 10.1. The van der Waals surface area contributed by atoms with Crippen LogP contribution < -0.4 is 5.32 Å². The van der Waals surface area contributed by atoms with Crippen LogP contribution in [0.3, 0.4) is 0 Å². The van der Waals surface area contributed by atoms with Crippen molar-refractivity contribution in [2.24, 2.45) is 0 Å². The predicted octanol–water partition coefficient (Wildman–Crippen LogP) is 3.24. The van der Waals surface area contributed by atoms with E-state index in [1.807, 2.05) is 0 Å². The van der Waals surface area contributed by atoms with Crippen LogP contribution in [0.2, 0.25) is 0 Å². The van der Waals surface area contributed by atoms with Crippen LogP contribution >= 0.6 is 0 Å². The van der Waals surface area contributed by atoms with Gasteiger partial charge in [-0.15, -0.1) is 0 Å². The zero-order chi connectivity index (χ0) is 20.2. The molecular weight excluding hydrogens is 388 g/mol. The van der Waals surface area contributed by atoms with Crippen molar-refractivity contribution < 1.29 is 30.8 Å². The van der Waals surface area contributed by atoms with E-state index in [0.717, 1.165) is 34.8 Å². The Bertz CT molecular complexity index is 913. The van der Waals surface area contributed by atoms with Crippen molar-refractivity contribution in [2.45, 2.75) is 12.7 Å². The summed E-state index contributed by atoms with van der Waals surface area (Å²) in [6.07, 6.45) is -3.80. The second kappa shape index (κ2) is 8.05. The molecule has 0 unspecified atom stereocenters. The number of carbonyl (C=O) groups excluding carboxylic acids is 1. The minimum Gasteiger partial charge on any atom is -0.324 e. The molecule has 0 radical (unpaired) electrons. The number of rotatable bonds is 6. The van der Waals surface area contributed by atoms with Gasteiger partial charge in [-0.3, -0.25) is 4.79 Å². The van der Waals surface area contributed by atoms with Gasteiger partial charge in [-0.2, -0.15) is 17.5 Å². The third-order valence-corrected chi connectivity index (χ3v) is 4.76. The summed E-state index contributed by atoms with van der Waals surface area (Å²) < 4.78 is 76.5. The van der Waals surface area contributed by atoms with Gasteiger partial charge in [0, 0.05) is 6.54 Å². The first-order chi connectivity index (χ1) is 12.5. The van der Waals surface area contributed by atoms with Crippen LogP contribution in [0.5, 0.6) is 0 Å². The molecule has 0 saturated heterocycles. The number of halogens is 4. The van der Waals surface area contributed by atoms with E-state index >= 15 is 0 Å². The van der Waals surface area contributed by atoms with Gasteiger partial charge >= 0.3 is 6.18 Å². The zero-order valence-corrected chi connectivity index (χ0v) is 14.9. The van der Waals surface area contributed by atoms with E-state index < -0.39 is 45.7 Å². The van der Waals surface area contributed by atoms with Crippen LogP contribution in [-0.4, -0.2) is 31.4 Å². The average molecular weight is 404 g/mol. The van der Waals surface area contributed by atoms with E-state index in [1.165, 1.54) is 24.3 Å². The van der Waals surface area contributed by atoms with Gasteiger partial charge in [-0.25, -0.2) is 12.8 Å². The maximum absolute atomic E-state index is 13.0. The highest BCUT2D eigenvalue weighted by molar-refractivity contribution is 7.88. The lowest BCUT2D eigenvalue weighted by molar-refractivity contribution is -0.137. The van der Waals surface area contributed by atoms with Crippen molar-refractivity contribution >= 4 is 21.6 Å². The summed E-state index contributed by atoms with van der Waals surface area (Å²) in [6.45, 7) is -0.921. The minimum atomic E-state index is -4.67. The summed E-state index contributed by atoms with van der Waals surface area (Å²) in [7, 11) is -3.84. The van der Waals surface area contributed by atoms with Crippen molar-refractivity contribution in [2.75, 3.05) is 18.1 Å². The van der Waals surface area contributed by atoms with E-state index in [9.17, 15) is 30.8 Å². The summed E-state index contributed by atoms with van der Waals surface area (Å²) in [4.78, 5) is 12.1. The molecule has 0 saturated carbocycles. The fraction of sp³-hybridized carbons (Fsp3) is 0.235. The molecule has 5 nitrogen and oxygen atoms in total. The highest BCUT2D eigenvalue weighted by Gasteiger charge is 2.33. The number of anilines is 1. The summed E-state index contributed by atoms with van der Waals surface area (Å²) in [5.41, 5.74) is -1.08. The molecule has 0 aromatic heterocycles. The molecule has 0 spiro atoms. The number of benzene rings is 2. The lowest BCUT2D eigenvalue weighted by Crippen LogP contribution is -2.37. The van der Waals surface area contributed by atoms with E-state index in [0.29, 0.717) is 5.56 Å². The van der Waals surface area contributed by atoms with Crippen LogP contribution in [0.4, 0.5) is 23.2 Å². The van der Waals surface area contributed by atoms with Crippen molar-refractivity contribution in [3.8, 4) is 0 Å². The molecule has 0 aliphatic rings. The number of hydrogen-bond acceptors (Lipinski definition) is 3. The molecule has 1 amide bonds. The largest absolute Gasteiger partial charge is 0.418 e. The third kappa shape index (κ3) is 6.04. The number of amides is 1. The van der Waals surface area contributed by atoms with Crippen LogP contribution in [0.25, 0.3) is 0 Å². The Morgan fingerprint density at radius 3 is 2.22 bits per heavy atom. The number of nitrogens with one attached hydrogen (secondary N) is 1. The Morgan fingerprint density at radius 2 is 1.67 bits per heavy atom. The van der Waals surface area contributed by atoms with Gasteiger partial charge < -0.3 is 5.32 Å². The normalized spacial score (nSPS) is 12.2. The van der Waals surface area contributed by atoms with Gasteiger partial charge in [0.25, 0.3) is 0 Å². The second-order valence-electron chi connectivity index (χ2n) is 5.75. The molecule has 0 atom stereocenters. The first kappa shape index (κ1) is 20.8. The maximum Gasteiger partial charge on any atom is 0.418 e. The van der Waals surface area contributed by atoms with Crippen LogP contribution in [0.1, 0.15) is 11.1 Å². The first-order valence-electron chi connectivity index (χ1n) is 7.62. The highest BCUT2D eigenvalue weighted by atomic mass is 32.2. The van der Waals surface area contributed by atoms with Crippen LogP contribution in [-0.2, 0) is 27.5 Å². The number of alkyl halides is 3. The second-order valence-corrected chi connectivity index (χ2v) is 7.73. The molecule has 0 fully saturated rings. The predicted molar refractivity (Wildman–Crippen MR) is 91.7 cm³/mol. The molecule has 0 aliphatic heterocycles. The molecule has 2 rings (SSSR count). The summed E-state index contributed by atoms with van der Waals surface area (Å²) in [5.74, 6) is -1.44. The topological polar surface area (TPSA) is 66.5 Å². The van der Waals surface area contributed by atoms with Gasteiger partial charge in [0.1, 0.15) is 5.82 Å². The van der Waals surface area contributed by atoms with Gasteiger partial charge in [0.2, 0.25) is 15.9 Å². The Hall–Kier alpha value is -2.46. The lowest BCUT2D eigenvalue weighted by Gasteiger charge is -2.20. The molecule has 0 aliphatic carbocycles. The van der Waals surface area contributed by atoms with Crippen LogP contribution in [0, 0.1) is 5.82 Å². The number of carbonyl (C=O) groups is 1. The molecular formula is C17H16F4N2O3S. The Balaban J connectivity index is 2.17. The van der Waals surface area contributed by atoms with E-state index in [1.54, 1.807) is 0 Å². The maximum atomic E-state index is 13.0. The Morgan fingerprint density at radius 1 is 1.07 bits per heavy atom. The van der Waals surface area contributed by atoms with Crippen molar-refractivity contribution in [1.82, 2.24) is 4.31 Å². The monoisotopic (exact) mass is 404 g/mol. The molecule has 2 aromatic rings. The SMILES string of the molecule is CS(=O)(=O)N(CC(=O)Nc1ccccc1C(F)(F)F)Cc1ccc(F)cc1. The van der Waals surface area contributed by atoms with E-state index in [4.69, 9.17) is 0 Å². The van der Waals surface area contributed by atoms with Crippen molar-refractivity contribution in [3.63, 3.8) is 0 Å². The third-order valence-electron chi connectivity index (χ3n) is 3.57. The van der Waals surface area contributed by atoms with E-state index in [-0.39, 0.29) is 6.54 Å². The van der Waals surface area contributed by atoms with Gasteiger partial charge in [0.05, 0.1) is 24.1 Å². The van der Waals surface area contributed by atoms with Gasteiger partial charge in [-0.1, -0.05) is 24.3 Å². The average Bonchev–Trinajstić information content (AvgIpc) is 2.55.